The van der Waals surface area contributed by atoms with Crippen LogP contribution in [0.3, 0.4) is 0 Å². The number of carbonyl (C=O) groups is 1. The second kappa shape index (κ2) is 8.25. The molecule has 0 saturated carbocycles. The number of aryl methyl sites for hydroxylation is 1. The molecule has 2 atom stereocenters. The van der Waals surface area contributed by atoms with Crippen molar-refractivity contribution in [2.75, 3.05) is 7.05 Å². The Bertz CT molecular complexity index is 638. The van der Waals surface area contributed by atoms with E-state index in [1.165, 1.54) is 24.8 Å². The van der Waals surface area contributed by atoms with E-state index in [9.17, 15) is 4.79 Å². The van der Waals surface area contributed by atoms with Crippen LogP contribution in [0, 0.1) is 0 Å². The van der Waals surface area contributed by atoms with Crippen molar-refractivity contribution in [3.05, 3.63) is 71.8 Å². The number of Topliss-reactive ketones (excluding diaryl/α,β-unsaturated/α-hetero) is 1. The minimum absolute atomic E-state index is 0.274. The van der Waals surface area contributed by atoms with Crippen molar-refractivity contribution >= 4 is 5.78 Å². The van der Waals surface area contributed by atoms with Gasteiger partial charge in [-0.3, -0.25) is 4.79 Å². The van der Waals surface area contributed by atoms with E-state index in [-0.39, 0.29) is 5.78 Å². The fraction of sp³-hybridized carbons (Fsp3) is 0.409. The number of carbonyl (C=O) groups excluding carboxylic acids is 1. The number of likely N-dealkylation sites (tertiary alicyclic amines) is 1. The molecule has 2 aromatic carbocycles. The number of rotatable bonds is 6. The van der Waals surface area contributed by atoms with Crippen LogP contribution in [0.4, 0.5) is 0 Å². The summed E-state index contributed by atoms with van der Waals surface area (Å²) in [5.74, 6) is 0.274. The third kappa shape index (κ3) is 4.33. The predicted molar refractivity (Wildman–Crippen MR) is 99.3 cm³/mol. The Hall–Kier alpha value is -1.93. The molecule has 0 unspecified atom stereocenters. The lowest BCUT2D eigenvalue weighted by Gasteiger charge is -2.39. The Morgan fingerprint density at radius 2 is 1.58 bits per heavy atom. The topological polar surface area (TPSA) is 20.3 Å². The molecular weight excluding hydrogens is 294 g/mol. The Labute approximate surface area is 145 Å². The van der Waals surface area contributed by atoms with Crippen LogP contribution in [-0.2, 0) is 6.42 Å². The van der Waals surface area contributed by atoms with Crippen LogP contribution < -0.4 is 0 Å². The summed E-state index contributed by atoms with van der Waals surface area (Å²) in [4.78, 5) is 15.0. The molecule has 0 bridgehead atoms. The molecule has 0 spiro atoms. The predicted octanol–water partition coefficient (Wildman–Crippen LogP) is 4.75. The number of hydrogen-bond acceptors (Lipinski definition) is 2. The minimum atomic E-state index is 0.274. The molecule has 24 heavy (non-hydrogen) atoms. The first-order valence-corrected chi connectivity index (χ1v) is 9.08. The summed E-state index contributed by atoms with van der Waals surface area (Å²) in [6.45, 7) is 0. The van der Waals surface area contributed by atoms with Gasteiger partial charge in [0.2, 0.25) is 0 Å². The van der Waals surface area contributed by atoms with E-state index in [0.717, 1.165) is 18.4 Å². The largest absolute Gasteiger partial charge is 0.300 e. The molecule has 0 amide bonds. The highest BCUT2D eigenvalue weighted by molar-refractivity contribution is 5.96. The van der Waals surface area contributed by atoms with Gasteiger partial charge in [-0.05, 0) is 38.3 Å². The molecule has 2 aromatic rings. The van der Waals surface area contributed by atoms with Crippen molar-refractivity contribution in [1.29, 1.82) is 0 Å². The zero-order valence-electron chi connectivity index (χ0n) is 14.5. The molecule has 126 valence electrons. The van der Waals surface area contributed by atoms with Crippen molar-refractivity contribution in [2.45, 2.75) is 50.6 Å². The number of benzene rings is 2. The summed E-state index contributed by atoms with van der Waals surface area (Å²) in [7, 11) is 2.21. The molecule has 1 aliphatic heterocycles. The van der Waals surface area contributed by atoms with Crippen molar-refractivity contribution in [3.63, 3.8) is 0 Å². The summed E-state index contributed by atoms with van der Waals surface area (Å²) in [6.07, 6.45) is 6.56. The molecular formula is C22H27NO. The Kier molecular flexibility index (Phi) is 5.81. The lowest BCUT2D eigenvalue weighted by molar-refractivity contribution is 0.0786. The number of hydrogen-bond donors (Lipinski definition) is 0. The monoisotopic (exact) mass is 321 g/mol. The van der Waals surface area contributed by atoms with E-state index in [4.69, 9.17) is 0 Å². The third-order valence-electron chi connectivity index (χ3n) is 5.35. The van der Waals surface area contributed by atoms with Gasteiger partial charge in [0.1, 0.15) is 0 Å². The van der Waals surface area contributed by atoms with Crippen LogP contribution in [0.2, 0.25) is 0 Å². The molecule has 1 fully saturated rings. The van der Waals surface area contributed by atoms with Crippen LogP contribution in [0.5, 0.6) is 0 Å². The van der Waals surface area contributed by atoms with Gasteiger partial charge in [0, 0.05) is 24.1 Å². The normalized spacial score (nSPS) is 21.5. The number of piperidine rings is 1. The highest BCUT2D eigenvalue weighted by Crippen LogP contribution is 2.27. The first-order chi connectivity index (χ1) is 11.7. The van der Waals surface area contributed by atoms with Crippen LogP contribution in [0.1, 0.15) is 48.0 Å². The number of ketones is 1. The van der Waals surface area contributed by atoms with Crippen molar-refractivity contribution < 1.29 is 4.79 Å². The fourth-order valence-corrected chi connectivity index (χ4v) is 3.82. The summed E-state index contributed by atoms with van der Waals surface area (Å²) in [5, 5.41) is 0. The summed E-state index contributed by atoms with van der Waals surface area (Å²) >= 11 is 0. The Morgan fingerprint density at radius 3 is 2.29 bits per heavy atom. The van der Waals surface area contributed by atoms with Gasteiger partial charge in [0.15, 0.2) is 5.78 Å². The maximum atomic E-state index is 12.5. The van der Waals surface area contributed by atoms with Gasteiger partial charge in [-0.25, -0.2) is 0 Å². The van der Waals surface area contributed by atoms with E-state index in [1.807, 2.05) is 30.3 Å². The molecule has 1 aliphatic rings. The third-order valence-corrected chi connectivity index (χ3v) is 5.35. The zero-order valence-corrected chi connectivity index (χ0v) is 14.5. The summed E-state index contributed by atoms with van der Waals surface area (Å²) in [6, 6.07) is 21.4. The van der Waals surface area contributed by atoms with Crippen molar-refractivity contribution in [3.8, 4) is 0 Å². The van der Waals surface area contributed by atoms with Crippen molar-refractivity contribution in [2.24, 2.45) is 0 Å². The van der Waals surface area contributed by atoms with Gasteiger partial charge in [-0.2, -0.15) is 0 Å². The quantitative estimate of drug-likeness (QED) is 0.716. The standard InChI is InChI=1S/C22H27NO/c1-23-20(16-15-18-9-4-2-5-10-18)13-8-14-21(23)17-22(24)19-11-6-3-7-12-19/h2-7,9-12,20-21H,8,13-17H2,1H3/t20-,21+/m0/s1. The van der Waals surface area contributed by atoms with Gasteiger partial charge < -0.3 is 4.90 Å². The van der Waals surface area contributed by atoms with Crippen molar-refractivity contribution in [1.82, 2.24) is 4.90 Å². The van der Waals surface area contributed by atoms with Gasteiger partial charge in [0.25, 0.3) is 0 Å². The van der Waals surface area contributed by atoms with Crippen LogP contribution in [-0.4, -0.2) is 29.8 Å². The maximum Gasteiger partial charge on any atom is 0.164 e. The van der Waals surface area contributed by atoms with Gasteiger partial charge in [-0.15, -0.1) is 0 Å². The molecule has 2 nitrogen and oxygen atoms in total. The SMILES string of the molecule is CN1[C@H](CCc2ccccc2)CCC[C@@H]1CC(=O)c1ccccc1. The van der Waals surface area contributed by atoms with Crippen LogP contribution in [0.15, 0.2) is 60.7 Å². The average molecular weight is 321 g/mol. The minimum Gasteiger partial charge on any atom is -0.300 e. The molecule has 0 aliphatic carbocycles. The molecule has 2 heteroatoms. The molecule has 0 aromatic heterocycles. The fourth-order valence-electron chi connectivity index (χ4n) is 3.82. The Balaban J connectivity index is 1.56. The van der Waals surface area contributed by atoms with E-state index < -0.39 is 0 Å². The summed E-state index contributed by atoms with van der Waals surface area (Å²) < 4.78 is 0. The first kappa shape index (κ1) is 16.9. The van der Waals surface area contributed by atoms with Gasteiger partial charge >= 0.3 is 0 Å². The zero-order chi connectivity index (χ0) is 16.8. The Morgan fingerprint density at radius 1 is 0.958 bits per heavy atom. The molecule has 0 N–H and O–H groups in total. The second-order valence-corrected chi connectivity index (χ2v) is 6.92. The average Bonchev–Trinajstić information content (AvgIpc) is 2.64. The lowest BCUT2D eigenvalue weighted by atomic mass is 9.89. The first-order valence-electron chi connectivity index (χ1n) is 9.08. The van der Waals surface area contributed by atoms with E-state index in [0.29, 0.717) is 18.5 Å². The smallest absolute Gasteiger partial charge is 0.164 e. The van der Waals surface area contributed by atoms with Gasteiger partial charge in [0.05, 0.1) is 0 Å². The highest BCUT2D eigenvalue weighted by Gasteiger charge is 2.28. The number of nitrogens with zero attached hydrogens (tertiary/aromatic N) is 1. The molecule has 3 rings (SSSR count). The van der Waals surface area contributed by atoms with E-state index in [1.54, 1.807) is 0 Å². The molecule has 1 heterocycles. The second-order valence-electron chi connectivity index (χ2n) is 6.92. The lowest BCUT2D eigenvalue weighted by Crippen LogP contribution is -2.45. The molecule has 0 radical (unpaired) electrons. The highest BCUT2D eigenvalue weighted by atomic mass is 16.1. The molecule has 1 saturated heterocycles. The van der Waals surface area contributed by atoms with Crippen LogP contribution >= 0.6 is 0 Å². The van der Waals surface area contributed by atoms with E-state index >= 15 is 0 Å². The summed E-state index contributed by atoms with van der Waals surface area (Å²) in [5.41, 5.74) is 2.26. The van der Waals surface area contributed by atoms with Gasteiger partial charge in [-0.1, -0.05) is 67.1 Å². The maximum absolute atomic E-state index is 12.5. The van der Waals surface area contributed by atoms with E-state index in [2.05, 4.69) is 42.3 Å². The van der Waals surface area contributed by atoms with Crippen LogP contribution in [0.25, 0.3) is 0 Å².